The molecular weight excluding hydrogens is 304 g/mol. The Morgan fingerprint density at radius 2 is 1.95 bits per heavy atom. The van der Waals surface area contributed by atoms with Gasteiger partial charge in [0.2, 0.25) is 5.82 Å². The lowest BCUT2D eigenvalue weighted by molar-refractivity contribution is 0.431. The average Bonchev–Trinajstić information content (AvgIpc) is 2.88. The monoisotopic (exact) mass is 309 g/mol. The molecule has 20 heavy (non-hydrogen) atoms. The van der Waals surface area contributed by atoms with Crippen molar-refractivity contribution in [2.45, 2.75) is 0 Å². The highest BCUT2D eigenvalue weighted by Crippen LogP contribution is 2.31. The molecule has 0 bridgehead atoms. The van der Waals surface area contributed by atoms with Crippen molar-refractivity contribution < 1.29 is 8.91 Å². The number of hydrogen-bond acceptors (Lipinski definition) is 4. The van der Waals surface area contributed by atoms with E-state index in [9.17, 15) is 4.39 Å². The van der Waals surface area contributed by atoms with Gasteiger partial charge in [0.1, 0.15) is 11.0 Å². The highest BCUT2D eigenvalue weighted by Gasteiger charge is 2.18. The average molecular weight is 310 g/mol. The Hall–Kier alpha value is -1.98. The SMILES string of the molecule is Fc1cccc(Cl)c1-c1noc(-c2cccnc2Cl)n1. The van der Waals surface area contributed by atoms with Crippen molar-refractivity contribution in [3.05, 3.63) is 52.5 Å². The van der Waals surface area contributed by atoms with Crippen molar-refractivity contribution in [3.63, 3.8) is 0 Å². The molecule has 0 aliphatic carbocycles. The number of aromatic nitrogens is 3. The number of hydrogen-bond donors (Lipinski definition) is 0. The summed E-state index contributed by atoms with van der Waals surface area (Å²) in [6, 6.07) is 7.68. The van der Waals surface area contributed by atoms with E-state index in [-0.39, 0.29) is 27.5 Å². The lowest BCUT2D eigenvalue weighted by Gasteiger charge is -1.99. The van der Waals surface area contributed by atoms with Gasteiger partial charge in [0.05, 0.1) is 16.1 Å². The van der Waals surface area contributed by atoms with Crippen LogP contribution in [0.1, 0.15) is 0 Å². The Morgan fingerprint density at radius 3 is 2.70 bits per heavy atom. The topological polar surface area (TPSA) is 51.8 Å². The van der Waals surface area contributed by atoms with Gasteiger partial charge >= 0.3 is 0 Å². The molecule has 0 atom stereocenters. The van der Waals surface area contributed by atoms with Crippen molar-refractivity contribution in [2.24, 2.45) is 0 Å². The molecule has 2 heterocycles. The zero-order valence-electron chi connectivity index (χ0n) is 9.85. The second-order valence-electron chi connectivity index (χ2n) is 3.86. The molecule has 0 unspecified atom stereocenters. The summed E-state index contributed by atoms with van der Waals surface area (Å²) >= 11 is 11.9. The molecule has 0 aliphatic rings. The van der Waals surface area contributed by atoms with E-state index in [0.29, 0.717) is 5.56 Å². The number of benzene rings is 1. The molecule has 0 N–H and O–H groups in total. The van der Waals surface area contributed by atoms with E-state index in [1.165, 1.54) is 18.3 Å². The van der Waals surface area contributed by atoms with Crippen LogP contribution >= 0.6 is 23.2 Å². The van der Waals surface area contributed by atoms with E-state index in [2.05, 4.69) is 15.1 Å². The quantitative estimate of drug-likeness (QED) is 0.664. The standard InChI is InChI=1S/C13H6Cl2FN3O/c14-8-4-1-5-9(16)10(8)12-18-13(20-19-12)7-3-2-6-17-11(7)15/h1-6H. The molecule has 0 fully saturated rings. The summed E-state index contributed by atoms with van der Waals surface area (Å²) in [5.74, 6) is -0.317. The van der Waals surface area contributed by atoms with Crippen LogP contribution in [-0.2, 0) is 0 Å². The predicted octanol–water partition coefficient (Wildman–Crippen LogP) is 4.24. The first-order chi connectivity index (χ1) is 9.66. The molecule has 1 aromatic carbocycles. The molecule has 0 spiro atoms. The van der Waals surface area contributed by atoms with Crippen LogP contribution in [0.4, 0.5) is 4.39 Å². The van der Waals surface area contributed by atoms with Crippen LogP contribution < -0.4 is 0 Å². The van der Waals surface area contributed by atoms with E-state index in [4.69, 9.17) is 27.7 Å². The first-order valence-electron chi connectivity index (χ1n) is 5.56. The van der Waals surface area contributed by atoms with E-state index in [1.807, 2.05) is 0 Å². The third-order valence-corrected chi connectivity index (χ3v) is 3.22. The van der Waals surface area contributed by atoms with Gasteiger partial charge < -0.3 is 4.52 Å². The Morgan fingerprint density at radius 1 is 1.10 bits per heavy atom. The van der Waals surface area contributed by atoms with Crippen molar-refractivity contribution in [1.82, 2.24) is 15.1 Å². The van der Waals surface area contributed by atoms with Crippen LogP contribution in [0.3, 0.4) is 0 Å². The molecule has 2 aromatic heterocycles. The highest BCUT2D eigenvalue weighted by molar-refractivity contribution is 6.33. The van der Waals surface area contributed by atoms with Crippen molar-refractivity contribution in [1.29, 1.82) is 0 Å². The molecule has 0 radical (unpaired) electrons. The van der Waals surface area contributed by atoms with Gasteiger partial charge in [0.25, 0.3) is 5.89 Å². The minimum absolute atomic E-state index is 0.0584. The Kier molecular flexibility index (Phi) is 3.38. The fraction of sp³-hybridized carbons (Fsp3) is 0. The van der Waals surface area contributed by atoms with E-state index >= 15 is 0 Å². The lowest BCUT2D eigenvalue weighted by atomic mass is 10.2. The summed E-state index contributed by atoms with van der Waals surface area (Å²) in [6.07, 6.45) is 1.54. The van der Waals surface area contributed by atoms with Crippen LogP contribution in [0.2, 0.25) is 10.2 Å². The van der Waals surface area contributed by atoms with Gasteiger partial charge in [-0.2, -0.15) is 4.98 Å². The maximum Gasteiger partial charge on any atom is 0.261 e. The lowest BCUT2D eigenvalue weighted by Crippen LogP contribution is -1.88. The normalized spacial score (nSPS) is 10.8. The third-order valence-electron chi connectivity index (χ3n) is 2.60. The molecule has 7 heteroatoms. The largest absolute Gasteiger partial charge is 0.333 e. The fourth-order valence-corrected chi connectivity index (χ4v) is 2.14. The molecule has 4 nitrogen and oxygen atoms in total. The smallest absolute Gasteiger partial charge is 0.261 e. The molecule has 0 aliphatic heterocycles. The van der Waals surface area contributed by atoms with Gasteiger partial charge in [-0.3, -0.25) is 0 Å². The van der Waals surface area contributed by atoms with E-state index < -0.39 is 5.82 Å². The first-order valence-corrected chi connectivity index (χ1v) is 6.31. The van der Waals surface area contributed by atoms with Crippen LogP contribution in [0, 0.1) is 5.82 Å². The summed E-state index contributed by atoms with van der Waals surface area (Å²) < 4.78 is 18.9. The summed E-state index contributed by atoms with van der Waals surface area (Å²) in [7, 11) is 0. The van der Waals surface area contributed by atoms with Gasteiger partial charge in [0, 0.05) is 6.20 Å². The predicted molar refractivity (Wildman–Crippen MR) is 72.9 cm³/mol. The summed E-state index contributed by atoms with van der Waals surface area (Å²) in [5, 5.41) is 4.16. The number of pyridine rings is 1. The first kappa shape index (κ1) is 13.0. The van der Waals surface area contributed by atoms with Crippen molar-refractivity contribution in [2.75, 3.05) is 0 Å². The van der Waals surface area contributed by atoms with Gasteiger partial charge in [0.15, 0.2) is 0 Å². The van der Waals surface area contributed by atoms with Crippen LogP contribution in [0.25, 0.3) is 22.8 Å². The summed E-state index contributed by atoms with van der Waals surface area (Å²) in [6.45, 7) is 0. The van der Waals surface area contributed by atoms with Crippen LogP contribution in [-0.4, -0.2) is 15.1 Å². The Balaban J connectivity index is 2.10. The van der Waals surface area contributed by atoms with E-state index in [1.54, 1.807) is 18.2 Å². The minimum Gasteiger partial charge on any atom is -0.333 e. The molecular formula is C13H6Cl2FN3O. The number of nitrogens with zero attached hydrogens (tertiary/aromatic N) is 3. The molecule has 0 amide bonds. The minimum atomic E-state index is -0.526. The Labute approximate surface area is 123 Å². The summed E-state index contributed by atoms with van der Waals surface area (Å²) in [4.78, 5) is 8.02. The van der Waals surface area contributed by atoms with Gasteiger partial charge in [-0.25, -0.2) is 9.37 Å². The zero-order chi connectivity index (χ0) is 14.1. The van der Waals surface area contributed by atoms with Gasteiger partial charge in [-0.15, -0.1) is 0 Å². The van der Waals surface area contributed by atoms with Crippen molar-refractivity contribution in [3.8, 4) is 22.8 Å². The maximum atomic E-state index is 13.8. The summed E-state index contributed by atoms with van der Waals surface area (Å²) in [5.41, 5.74) is 0.560. The van der Waals surface area contributed by atoms with Crippen molar-refractivity contribution >= 4 is 23.2 Å². The molecule has 100 valence electrons. The van der Waals surface area contributed by atoms with Crippen LogP contribution in [0.5, 0.6) is 0 Å². The zero-order valence-corrected chi connectivity index (χ0v) is 11.4. The fourth-order valence-electron chi connectivity index (χ4n) is 1.69. The second kappa shape index (κ2) is 5.19. The van der Waals surface area contributed by atoms with E-state index in [0.717, 1.165) is 0 Å². The highest BCUT2D eigenvalue weighted by atomic mass is 35.5. The number of rotatable bonds is 2. The maximum absolute atomic E-state index is 13.8. The van der Waals surface area contributed by atoms with Gasteiger partial charge in [-0.05, 0) is 24.3 Å². The Bertz CT molecular complexity index is 756. The third kappa shape index (κ3) is 2.26. The molecule has 3 aromatic rings. The molecule has 0 saturated carbocycles. The molecule has 3 rings (SSSR count). The van der Waals surface area contributed by atoms with Gasteiger partial charge in [-0.1, -0.05) is 34.4 Å². The molecule has 0 saturated heterocycles. The van der Waals surface area contributed by atoms with Crippen LogP contribution in [0.15, 0.2) is 41.1 Å². The number of halogens is 3. The second-order valence-corrected chi connectivity index (χ2v) is 4.63.